The highest BCUT2D eigenvalue weighted by Crippen LogP contribution is 2.23. The van der Waals surface area contributed by atoms with Crippen LogP contribution < -0.4 is 10.1 Å². The highest BCUT2D eigenvalue weighted by Gasteiger charge is 2.31. The first-order valence-corrected chi connectivity index (χ1v) is 9.25. The van der Waals surface area contributed by atoms with Crippen molar-refractivity contribution in [1.82, 2.24) is 20.0 Å². The van der Waals surface area contributed by atoms with Crippen molar-refractivity contribution in [2.45, 2.75) is 19.4 Å². The number of nitrogens with one attached hydrogen (secondary N) is 1. The molecular formula is C19H23ClN4O3. The van der Waals surface area contributed by atoms with Crippen molar-refractivity contribution in [1.29, 1.82) is 0 Å². The minimum atomic E-state index is -0.243. The molecule has 1 aromatic carbocycles. The Hall–Kier alpha value is -2.54. The average Bonchev–Trinajstić information content (AvgIpc) is 3.07. The lowest BCUT2D eigenvalue weighted by Crippen LogP contribution is -2.45. The van der Waals surface area contributed by atoms with Crippen molar-refractivity contribution >= 4 is 23.4 Å². The van der Waals surface area contributed by atoms with Crippen LogP contribution in [0.3, 0.4) is 0 Å². The zero-order valence-corrected chi connectivity index (χ0v) is 16.2. The highest BCUT2D eigenvalue weighted by molar-refractivity contribution is 6.31. The van der Waals surface area contributed by atoms with Crippen LogP contribution in [0.4, 0.5) is 0 Å². The van der Waals surface area contributed by atoms with E-state index >= 15 is 0 Å². The van der Waals surface area contributed by atoms with Gasteiger partial charge in [0.25, 0.3) is 5.91 Å². The summed E-state index contributed by atoms with van der Waals surface area (Å²) in [5.41, 5.74) is 1.29. The van der Waals surface area contributed by atoms with E-state index in [1.165, 1.54) is 7.11 Å². The number of halogens is 1. The number of nitrogens with zero attached hydrogens (tertiary/aromatic N) is 3. The number of hydrogen-bond acceptors (Lipinski definition) is 4. The van der Waals surface area contributed by atoms with Crippen molar-refractivity contribution in [3.63, 3.8) is 0 Å². The van der Waals surface area contributed by atoms with E-state index in [1.807, 2.05) is 18.2 Å². The molecule has 0 unspecified atom stereocenters. The van der Waals surface area contributed by atoms with E-state index in [-0.39, 0.29) is 17.7 Å². The van der Waals surface area contributed by atoms with Gasteiger partial charge in [-0.3, -0.25) is 14.3 Å². The average molecular weight is 391 g/mol. The Morgan fingerprint density at radius 3 is 2.89 bits per heavy atom. The molecular weight excluding hydrogens is 368 g/mol. The van der Waals surface area contributed by atoms with Crippen LogP contribution in [-0.4, -0.2) is 46.7 Å². The predicted molar refractivity (Wildman–Crippen MR) is 102 cm³/mol. The van der Waals surface area contributed by atoms with Crippen LogP contribution in [0, 0.1) is 5.92 Å². The second kappa shape index (κ2) is 8.43. The molecule has 144 valence electrons. The predicted octanol–water partition coefficient (Wildman–Crippen LogP) is 2.25. The summed E-state index contributed by atoms with van der Waals surface area (Å²) in [6.45, 7) is 1.37. The summed E-state index contributed by atoms with van der Waals surface area (Å²) in [7, 11) is 3.22. The number of rotatable bonds is 5. The van der Waals surface area contributed by atoms with Crippen LogP contribution in [0.2, 0.25) is 5.02 Å². The second-order valence-electron chi connectivity index (χ2n) is 6.63. The second-order valence-corrected chi connectivity index (χ2v) is 7.03. The van der Waals surface area contributed by atoms with E-state index < -0.39 is 0 Å². The number of ether oxygens (including phenoxy) is 1. The Morgan fingerprint density at radius 2 is 2.15 bits per heavy atom. The monoisotopic (exact) mass is 390 g/mol. The van der Waals surface area contributed by atoms with E-state index in [0.29, 0.717) is 36.1 Å². The number of carbonyl (C=O) groups is 2. The molecule has 1 fully saturated rings. The first-order chi connectivity index (χ1) is 13.0. The number of aryl methyl sites for hydroxylation is 1. The fourth-order valence-corrected chi connectivity index (χ4v) is 3.48. The molecule has 0 radical (unpaired) electrons. The zero-order chi connectivity index (χ0) is 19.4. The molecule has 3 rings (SSSR count). The summed E-state index contributed by atoms with van der Waals surface area (Å²) >= 11 is 6.13. The molecule has 0 bridgehead atoms. The van der Waals surface area contributed by atoms with E-state index in [0.717, 1.165) is 18.4 Å². The molecule has 8 heteroatoms. The molecule has 0 spiro atoms. The Morgan fingerprint density at radius 1 is 1.37 bits per heavy atom. The van der Waals surface area contributed by atoms with Crippen LogP contribution in [0.25, 0.3) is 0 Å². The number of amides is 2. The summed E-state index contributed by atoms with van der Waals surface area (Å²) in [6.07, 6.45) is 3.17. The summed E-state index contributed by atoms with van der Waals surface area (Å²) in [5.74, 6) is -0.172. The molecule has 0 aliphatic carbocycles. The van der Waals surface area contributed by atoms with Crippen LogP contribution in [-0.2, 0) is 18.4 Å². The van der Waals surface area contributed by atoms with Gasteiger partial charge < -0.3 is 15.0 Å². The lowest BCUT2D eigenvalue weighted by atomic mass is 9.96. The van der Waals surface area contributed by atoms with Crippen molar-refractivity contribution in [3.05, 3.63) is 46.6 Å². The third kappa shape index (κ3) is 4.42. The topological polar surface area (TPSA) is 76.5 Å². The quantitative estimate of drug-likeness (QED) is 0.849. The first-order valence-electron chi connectivity index (χ1n) is 8.87. The lowest BCUT2D eigenvalue weighted by molar-refractivity contribution is -0.126. The van der Waals surface area contributed by atoms with Crippen LogP contribution in [0.1, 0.15) is 28.8 Å². The Kier molecular flexibility index (Phi) is 6.01. The van der Waals surface area contributed by atoms with Crippen LogP contribution in [0.5, 0.6) is 5.88 Å². The molecule has 1 aliphatic rings. The fourth-order valence-electron chi connectivity index (χ4n) is 3.28. The largest absolute Gasteiger partial charge is 0.479 e. The molecule has 7 nitrogen and oxygen atoms in total. The minimum absolute atomic E-state index is 0.0643. The fraction of sp³-hybridized carbons (Fsp3) is 0.421. The molecule has 2 amide bonds. The van der Waals surface area contributed by atoms with E-state index in [4.69, 9.17) is 16.3 Å². The Bertz CT molecular complexity index is 836. The van der Waals surface area contributed by atoms with Gasteiger partial charge in [0, 0.05) is 37.9 Å². The lowest BCUT2D eigenvalue weighted by Gasteiger charge is -2.32. The number of aromatic nitrogens is 2. The summed E-state index contributed by atoms with van der Waals surface area (Å²) in [5, 5.41) is 7.69. The van der Waals surface area contributed by atoms with Crippen molar-refractivity contribution in [3.8, 4) is 5.88 Å². The van der Waals surface area contributed by atoms with Gasteiger partial charge in [0.05, 0.1) is 13.0 Å². The molecule has 1 N–H and O–H groups in total. The standard InChI is InChI=1S/C19H23ClN4O3/c1-23-12-15(18(22-23)27-2)19(26)24-9-5-7-14(11-24)17(25)21-10-13-6-3-4-8-16(13)20/h3-4,6,8,12,14H,5,7,9-11H2,1-2H3,(H,21,25)/t14-/m1/s1. The highest BCUT2D eigenvalue weighted by atomic mass is 35.5. The SMILES string of the molecule is COc1nn(C)cc1C(=O)N1CCC[C@@H](C(=O)NCc2ccccc2Cl)C1. The van der Waals surface area contributed by atoms with Gasteiger partial charge in [-0.05, 0) is 24.5 Å². The smallest absolute Gasteiger partial charge is 0.260 e. The van der Waals surface area contributed by atoms with Crippen molar-refractivity contribution in [2.75, 3.05) is 20.2 Å². The van der Waals surface area contributed by atoms with E-state index in [1.54, 1.807) is 28.9 Å². The van der Waals surface area contributed by atoms with Gasteiger partial charge in [-0.25, -0.2) is 0 Å². The van der Waals surface area contributed by atoms with E-state index in [9.17, 15) is 9.59 Å². The Balaban J connectivity index is 1.62. The maximum Gasteiger partial charge on any atom is 0.260 e. The zero-order valence-electron chi connectivity index (χ0n) is 15.4. The normalized spacial score (nSPS) is 16.9. The number of piperidine rings is 1. The molecule has 1 atom stereocenters. The summed E-state index contributed by atoms with van der Waals surface area (Å²) in [6, 6.07) is 7.42. The first kappa shape index (κ1) is 19.2. The van der Waals surface area contributed by atoms with Crippen molar-refractivity contribution in [2.24, 2.45) is 13.0 Å². The number of methoxy groups -OCH3 is 1. The molecule has 2 aromatic rings. The van der Waals surface area contributed by atoms with Gasteiger partial charge in [-0.2, -0.15) is 0 Å². The van der Waals surface area contributed by atoms with Gasteiger partial charge in [-0.15, -0.1) is 5.10 Å². The third-order valence-electron chi connectivity index (χ3n) is 4.71. The molecule has 1 aromatic heterocycles. The Labute approximate surface area is 163 Å². The van der Waals surface area contributed by atoms with Crippen LogP contribution >= 0.6 is 11.6 Å². The minimum Gasteiger partial charge on any atom is -0.479 e. The number of benzene rings is 1. The number of hydrogen-bond donors (Lipinski definition) is 1. The molecule has 0 saturated carbocycles. The molecule has 27 heavy (non-hydrogen) atoms. The van der Waals surface area contributed by atoms with Gasteiger partial charge in [-0.1, -0.05) is 29.8 Å². The molecule has 1 aliphatic heterocycles. The molecule has 2 heterocycles. The number of likely N-dealkylation sites (tertiary alicyclic amines) is 1. The third-order valence-corrected chi connectivity index (χ3v) is 5.08. The van der Waals surface area contributed by atoms with Gasteiger partial charge in [0.1, 0.15) is 5.56 Å². The summed E-state index contributed by atoms with van der Waals surface area (Å²) < 4.78 is 6.73. The molecule has 1 saturated heterocycles. The summed E-state index contributed by atoms with van der Waals surface area (Å²) in [4.78, 5) is 27.1. The van der Waals surface area contributed by atoms with Gasteiger partial charge in [0.2, 0.25) is 11.8 Å². The van der Waals surface area contributed by atoms with Crippen LogP contribution in [0.15, 0.2) is 30.5 Å². The van der Waals surface area contributed by atoms with Gasteiger partial charge in [0.15, 0.2) is 0 Å². The van der Waals surface area contributed by atoms with Crippen molar-refractivity contribution < 1.29 is 14.3 Å². The van der Waals surface area contributed by atoms with Gasteiger partial charge >= 0.3 is 0 Å². The van der Waals surface area contributed by atoms with E-state index in [2.05, 4.69) is 10.4 Å². The maximum atomic E-state index is 12.8. The number of carbonyl (C=O) groups excluding carboxylic acids is 2. The maximum absolute atomic E-state index is 12.8.